The molecule has 50 heavy (non-hydrogen) atoms. The molecule has 0 bridgehead atoms. The highest BCUT2D eigenvalue weighted by molar-refractivity contribution is 7.95. The molecule has 4 aromatic carbocycles. The first-order valence-electron chi connectivity index (χ1n) is 12.8. The average Bonchev–Trinajstić information content (AvgIpc) is 3.05. The number of carboxylic acids is 1. The van der Waals surface area contributed by atoms with Crippen LogP contribution in [-0.2, 0) is 33.7 Å². The second-order valence-corrected chi connectivity index (χ2v) is 12.1. The minimum Gasteiger partial charge on any atom is -0.505 e. The van der Waals surface area contributed by atoms with Crippen LogP contribution in [0.3, 0.4) is 0 Å². The van der Waals surface area contributed by atoms with Crippen molar-refractivity contribution in [2.45, 2.75) is 21.6 Å². The topological polar surface area (TPSA) is 331 Å². The summed E-state index contributed by atoms with van der Waals surface area (Å²) in [6.45, 7) is 1.20. The molecule has 0 spiro atoms. The zero-order valence-corrected chi connectivity index (χ0v) is 26.8. The van der Waals surface area contributed by atoms with Crippen LogP contribution in [0.2, 0.25) is 0 Å². The van der Waals surface area contributed by atoms with Gasteiger partial charge in [0.15, 0.2) is 11.5 Å². The Balaban J connectivity index is 1.94. The van der Waals surface area contributed by atoms with Crippen LogP contribution in [0.15, 0.2) is 83.7 Å². The van der Waals surface area contributed by atoms with Crippen molar-refractivity contribution in [3.63, 3.8) is 0 Å². The monoisotopic (exact) mass is 754 g/mol. The number of carboxylic acid groups (broad SMARTS) is 1. The second-order valence-electron chi connectivity index (χ2n) is 9.20. The maximum absolute atomic E-state index is 12.4. The Morgan fingerprint density at radius 3 is 2.06 bits per heavy atom. The van der Waals surface area contributed by atoms with Crippen molar-refractivity contribution in [2.24, 2.45) is 20.5 Å². The molecule has 0 fully saturated rings. The van der Waals surface area contributed by atoms with Crippen molar-refractivity contribution in [3.8, 4) is 11.5 Å². The number of aromatic carboxylic acids is 1. The zero-order chi connectivity index (χ0) is 36.7. The van der Waals surface area contributed by atoms with Gasteiger partial charge in [0, 0.05) is 24.7 Å². The fourth-order valence-corrected chi connectivity index (χ4v) is 5.69. The van der Waals surface area contributed by atoms with E-state index < -0.39 is 71.3 Å². The number of aromatic hydroxyl groups is 2. The lowest BCUT2D eigenvalue weighted by atomic mass is 10.1. The van der Waals surface area contributed by atoms with Gasteiger partial charge < -0.3 is 20.6 Å². The van der Waals surface area contributed by atoms with Gasteiger partial charge >= 0.3 is 5.97 Å². The highest BCUT2D eigenvalue weighted by Gasteiger charge is 2.27. The number of phenolic OH excluding ortho intramolecular Hbond substituents is 2. The van der Waals surface area contributed by atoms with Crippen LogP contribution in [-0.4, -0.2) is 55.6 Å². The van der Waals surface area contributed by atoms with Gasteiger partial charge in [0.25, 0.3) is 15.8 Å². The van der Waals surface area contributed by atoms with Crippen molar-refractivity contribution in [1.82, 2.24) is 0 Å². The number of nitrogens with zero attached hydrogens (tertiary/aromatic N) is 5. The predicted octanol–water partition coefficient (Wildman–Crippen LogP) is 6.75. The predicted molar refractivity (Wildman–Crippen MR) is 168 cm³/mol. The highest BCUT2D eigenvalue weighted by Crippen LogP contribution is 2.51. The largest absolute Gasteiger partial charge is 0.505 e. The van der Waals surface area contributed by atoms with Gasteiger partial charge in [0.1, 0.15) is 27.6 Å². The van der Waals surface area contributed by atoms with Gasteiger partial charge in [-0.2, -0.15) is 8.42 Å². The summed E-state index contributed by atoms with van der Waals surface area (Å²) < 4.78 is 43.4. The molecule has 0 unspecified atom stereocenters. The molecule has 0 radical (unpaired) electrons. The van der Waals surface area contributed by atoms with E-state index >= 15 is 0 Å². The van der Waals surface area contributed by atoms with Crippen molar-refractivity contribution >= 4 is 91.0 Å². The Kier molecular flexibility index (Phi) is 11.9. The van der Waals surface area contributed by atoms with Crippen molar-refractivity contribution in [1.29, 1.82) is 0 Å². The molecule has 0 aromatic heterocycles. The molecule has 0 saturated heterocycles. The van der Waals surface area contributed by atoms with E-state index in [4.69, 9.17) is 10.5 Å². The number of phenols is 2. The quantitative estimate of drug-likeness (QED) is 0.0175. The number of nitro groups is 1. The molecule has 0 aliphatic rings. The minimum atomic E-state index is -5.21. The molecule has 0 aliphatic heterocycles. The van der Waals surface area contributed by atoms with Crippen LogP contribution in [0.1, 0.15) is 17.3 Å². The molecule has 4 aromatic rings. The van der Waals surface area contributed by atoms with Crippen LogP contribution in [0.5, 0.6) is 11.5 Å². The molecule has 1 amide bonds. The van der Waals surface area contributed by atoms with Crippen LogP contribution < -0.4 is 5.32 Å². The summed E-state index contributed by atoms with van der Waals surface area (Å²) in [6.07, 6.45) is 0. The van der Waals surface area contributed by atoms with Crippen LogP contribution in [0.25, 0.3) is 10.8 Å². The number of hydrogen-bond donors (Lipinski definition) is 7. The molecule has 0 heterocycles. The fourth-order valence-electron chi connectivity index (χ4n) is 4.07. The van der Waals surface area contributed by atoms with E-state index in [2.05, 4.69) is 44.5 Å². The Bertz CT molecular complexity index is 2180. The Labute approximate surface area is 285 Å². The number of amides is 1. The summed E-state index contributed by atoms with van der Waals surface area (Å²) in [5, 5.41) is 84.3. The van der Waals surface area contributed by atoms with E-state index in [9.17, 15) is 48.0 Å². The molecule has 25 heteroatoms. The third-order valence-corrected chi connectivity index (χ3v) is 8.18. The standard InChI is InChI=1S/C25H18N6O16S3/c1-10(32)26-12-2-4-15(14(8-12)25(35)36)27-29-21-18(49-47-45-40)6-11-7-19(50(41,42)43)22(24(34)20(11)23(21)33)30-28-16-5-3-13(31(37)38)9-17(16)48-46-44-39/h2-9,33-34,39-40H,1H3,(H,26,32)(H,35,36)(H,41,42,43). The highest BCUT2D eigenvalue weighted by atomic mass is 32.2. The van der Waals surface area contributed by atoms with Crippen molar-refractivity contribution in [3.05, 3.63) is 64.2 Å². The van der Waals surface area contributed by atoms with Gasteiger partial charge in [-0.05, 0) is 41.8 Å². The molecule has 7 N–H and O–H groups in total. The smallest absolute Gasteiger partial charge is 0.338 e. The average molecular weight is 755 g/mol. The number of nitrogens with one attached hydrogen (secondary N) is 1. The normalized spacial score (nSPS) is 11.8. The maximum atomic E-state index is 12.4. The molecule has 22 nitrogen and oxygen atoms in total. The fraction of sp³-hybridized carbons (Fsp3) is 0.0400. The van der Waals surface area contributed by atoms with Crippen molar-refractivity contribution < 1.29 is 72.1 Å². The third-order valence-electron chi connectivity index (χ3n) is 6.05. The van der Waals surface area contributed by atoms with Crippen molar-refractivity contribution in [2.75, 3.05) is 5.32 Å². The summed E-state index contributed by atoms with van der Waals surface area (Å²) in [7, 11) is -5.21. The number of benzene rings is 4. The van der Waals surface area contributed by atoms with Crippen LogP contribution >= 0.6 is 24.1 Å². The lowest BCUT2D eigenvalue weighted by Gasteiger charge is -2.13. The first-order valence-corrected chi connectivity index (χ1v) is 15.7. The van der Waals surface area contributed by atoms with E-state index in [0.29, 0.717) is 0 Å². The third kappa shape index (κ3) is 8.62. The van der Waals surface area contributed by atoms with E-state index in [1.165, 1.54) is 19.1 Å². The van der Waals surface area contributed by atoms with E-state index in [1.807, 2.05) is 0 Å². The van der Waals surface area contributed by atoms with Gasteiger partial charge in [-0.3, -0.25) is 19.5 Å². The Hall–Kier alpha value is -5.35. The molecular formula is C25H18N6O16S3. The number of carbonyl (C=O) groups is 2. The number of anilines is 1. The van der Waals surface area contributed by atoms with Crippen LogP contribution in [0, 0.1) is 10.1 Å². The maximum Gasteiger partial charge on any atom is 0.338 e. The molecule has 4 rings (SSSR count). The Morgan fingerprint density at radius 1 is 0.860 bits per heavy atom. The summed E-state index contributed by atoms with van der Waals surface area (Å²) >= 11 is 0.429. The molecule has 0 aliphatic carbocycles. The lowest BCUT2D eigenvalue weighted by molar-refractivity contribution is -0.432. The van der Waals surface area contributed by atoms with E-state index in [-0.39, 0.29) is 56.3 Å². The molecular weight excluding hydrogens is 737 g/mol. The Morgan fingerprint density at radius 2 is 1.46 bits per heavy atom. The number of nitro benzene ring substituents is 1. The number of hydrogen-bond acceptors (Lipinski definition) is 20. The van der Waals surface area contributed by atoms with Gasteiger partial charge in [-0.1, -0.05) is 10.1 Å². The van der Waals surface area contributed by atoms with Gasteiger partial charge in [-0.25, -0.2) is 15.3 Å². The number of non-ortho nitro benzene ring substituents is 1. The van der Waals surface area contributed by atoms with E-state index in [1.54, 1.807) is 0 Å². The lowest BCUT2D eigenvalue weighted by Crippen LogP contribution is -2.07. The number of fused-ring (bicyclic) bond motifs is 1. The van der Waals surface area contributed by atoms with Crippen LogP contribution in [0.4, 0.5) is 34.1 Å². The second kappa shape index (κ2) is 15.9. The van der Waals surface area contributed by atoms with E-state index in [0.717, 1.165) is 36.4 Å². The first-order chi connectivity index (χ1) is 23.7. The SMILES string of the molecule is CC(=O)Nc1ccc(N=Nc2c(SOOO)cc3cc(S(=O)(=O)O)c(N=Nc4ccc([N+](=O)[O-])cc4SOOO)c(O)c3c2O)c(C(=O)O)c1. The molecule has 0 saturated carbocycles. The minimum absolute atomic E-state index is 0.113. The van der Waals surface area contributed by atoms with Gasteiger partial charge in [0.2, 0.25) is 5.91 Å². The number of carbonyl (C=O) groups excluding carboxylic acids is 1. The first kappa shape index (κ1) is 37.5. The summed E-state index contributed by atoms with van der Waals surface area (Å²) in [4.78, 5) is 32.2. The number of azo groups is 2. The molecule has 262 valence electrons. The number of rotatable bonds is 14. The summed E-state index contributed by atoms with van der Waals surface area (Å²) in [5.74, 6) is -4.02. The summed E-state index contributed by atoms with van der Waals surface area (Å²) in [5.41, 5.74) is -2.85. The summed E-state index contributed by atoms with van der Waals surface area (Å²) in [6, 6.07) is 8.28. The zero-order valence-electron chi connectivity index (χ0n) is 24.3. The molecule has 0 atom stereocenters. The van der Waals surface area contributed by atoms with Gasteiger partial charge in [-0.15, -0.1) is 29.1 Å². The van der Waals surface area contributed by atoms with Gasteiger partial charge in [0.05, 0.1) is 49.7 Å².